The van der Waals surface area contributed by atoms with Gasteiger partial charge >= 0.3 is 12.1 Å². The average Bonchev–Trinajstić information content (AvgIpc) is 3.22. The number of thioether (sulfide) groups is 1. The zero-order valence-corrected chi connectivity index (χ0v) is 18.1. The van der Waals surface area contributed by atoms with Gasteiger partial charge in [-0.2, -0.15) is 13.2 Å². The molecule has 0 saturated carbocycles. The van der Waals surface area contributed by atoms with Crippen molar-refractivity contribution in [2.75, 3.05) is 27.1 Å². The van der Waals surface area contributed by atoms with Crippen molar-refractivity contribution in [2.24, 2.45) is 0 Å². The summed E-state index contributed by atoms with van der Waals surface area (Å²) in [5, 5.41) is 8.87. The first-order valence-corrected chi connectivity index (χ1v) is 10.3. The largest absolute Gasteiger partial charge is 0.493 e. The number of methoxy groups -OCH3 is 3. The smallest absolute Gasteiger partial charge is 0.416 e. The number of hydrogen-bond donors (Lipinski definition) is 1. The van der Waals surface area contributed by atoms with E-state index in [0.717, 1.165) is 28.8 Å². The number of rotatable bonds is 6. The highest BCUT2D eigenvalue weighted by atomic mass is 32.2. The maximum Gasteiger partial charge on any atom is 0.416 e. The van der Waals surface area contributed by atoms with Crippen LogP contribution in [0.25, 0.3) is 0 Å². The highest BCUT2D eigenvalue weighted by molar-refractivity contribution is 7.99. The molecule has 3 rings (SSSR count). The number of alkyl halides is 3. The molecule has 1 aliphatic rings. The summed E-state index contributed by atoms with van der Waals surface area (Å²) < 4.78 is 54.5. The van der Waals surface area contributed by atoms with Crippen molar-refractivity contribution in [3.05, 3.63) is 53.1 Å². The van der Waals surface area contributed by atoms with Gasteiger partial charge < -0.3 is 24.2 Å². The lowest BCUT2D eigenvalue weighted by Crippen LogP contribution is -2.43. The Balaban J connectivity index is 2.03. The first-order chi connectivity index (χ1) is 15.1. The third-order valence-electron chi connectivity index (χ3n) is 4.95. The third kappa shape index (κ3) is 4.43. The van der Waals surface area contributed by atoms with Crippen LogP contribution in [-0.2, 0) is 11.0 Å². The predicted molar refractivity (Wildman–Crippen MR) is 110 cm³/mol. The molecule has 0 bridgehead atoms. The van der Waals surface area contributed by atoms with E-state index in [1.165, 1.54) is 45.6 Å². The summed E-state index contributed by atoms with van der Waals surface area (Å²) in [7, 11) is 4.16. The zero-order chi connectivity index (χ0) is 23.6. The summed E-state index contributed by atoms with van der Waals surface area (Å²) in [4.78, 5) is 26.4. The van der Waals surface area contributed by atoms with Crippen molar-refractivity contribution in [1.29, 1.82) is 0 Å². The molecular weight excluding hydrogens is 451 g/mol. The van der Waals surface area contributed by atoms with Gasteiger partial charge in [0.25, 0.3) is 5.91 Å². The number of aliphatic carboxylic acids is 1. The number of halogens is 3. The van der Waals surface area contributed by atoms with Gasteiger partial charge in [0.05, 0.1) is 26.9 Å². The van der Waals surface area contributed by atoms with Crippen molar-refractivity contribution in [2.45, 2.75) is 17.6 Å². The van der Waals surface area contributed by atoms with Crippen LogP contribution in [0.2, 0.25) is 0 Å². The van der Waals surface area contributed by atoms with E-state index >= 15 is 0 Å². The Labute approximate surface area is 186 Å². The van der Waals surface area contributed by atoms with Crippen molar-refractivity contribution in [3.8, 4) is 17.2 Å². The molecule has 1 heterocycles. The van der Waals surface area contributed by atoms with Gasteiger partial charge in [-0.1, -0.05) is 12.1 Å². The lowest BCUT2D eigenvalue weighted by Gasteiger charge is -2.28. The Morgan fingerprint density at radius 1 is 1.03 bits per heavy atom. The summed E-state index contributed by atoms with van der Waals surface area (Å²) in [6, 6.07) is 5.95. The Morgan fingerprint density at radius 2 is 1.59 bits per heavy atom. The Hall–Kier alpha value is -3.08. The van der Waals surface area contributed by atoms with Crippen LogP contribution in [0.3, 0.4) is 0 Å². The number of hydrogen-bond acceptors (Lipinski definition) is 6. The SMILES string of the molecule is COc1cc(C(=O)N2C(C(=O)O)CSC2c2ccc(C(F)(F)F)cc2)cc(OC)c1OC. The Kier molecular flexibility index (Phi) is 6.77. The normalized spacial score (nSPS) is 18.4. The number of carboxylic acid groups (broad SMARTS) is 1. The number of carbonyl (C=O) groups is 2. The number of amides is 1. The van der Waals surface area contributed by atoms with Gasteiger partial charge in [-0.15, -0.1) is 11.8 Å². The predicted octanol–water partition coefficient (Wildman–Crippen LogP) is 4.07. The first-order valence-electron chi connectivity index (χ1n) is 9.26. The molecule has 2 aromatic carbocycles. The average molecular weight is 471 g/mol. The van der Waals surface area contributed by atoms with Crippen LogP contribution in [0.5, 0.6) is 17.2 Å². The van der Waals surface area contributed by atoms with Gasteiger partial charge in [0.15, 0.2) is 11.5 Å². The molecule has 172 valence electrons. The van der Waals surface area contributed by atoms with Crippen LogP contribution in [0.15, 0.2) is 36.4 Å². The van der Waals surface area contributed by atoms with Crippen molar-refractivity contribution in [3.63, 3.8) is 0 Å². The zero-order valence-electron chi connectivity index (χ0n) is 17.3. The molecule has 1 saturated heterocycles. The molecule has 1 amide bonds. The van der Waals surface area contributed by atoms with Gasteiger partial charge in [0.2, 0.25) is 5.75 Å². The van der Waals surface area contributed by atoms with E-state index < -0.39 is 35.0 Å². The molecule has 2 atom stereocenters. The van der Waals surface area contributed by atoms with Crippen LogP contribution < -0.4 is 14.2 Å². The highest BCUT2D eigenvalue weighted by Crippen LogP contribution is 2.44. The standard InChI is InChI=1S/C21H20F3NO6S/c1-29-15-8-12(9-16(30-2)17(15)31-3)18(26)25-14(20(27)28)10-32-19(25)11-4-6-13(7-5-11)21(22,23)24/h4-9,14,19H,10H2,1-3H3,(H,27,28). The second-order valence-electron chi connectivity index (χ2n) is 6.79. The molecule has 1 aliphatic heterocycles. The van der Waals surface area contributed by atoms with Gasteiger partial charge in [0, 0.05) is 11.3 Å². The van der Waals surface area contributed by atoms with E-state index in [4.69, 9.17) is 14.2 Å². The summed E-state index contributed by atoms with van der Waals surface area (Å²) in [6.45, 7) is 0. The fourth-order valence-corrected chi connectivity index (χ4v) is 4.81. The minimum atomic E-state index is -4.50. The molecule has 2 aromatic rings. The third-order valence-corrected chi connectivity index (χ3v) is 6.28. The van der Waals surface area contributed by atoms with Crippen LogP contribution in [0.4, 0.5) is 13.2 Å². The molecule has 1 fully saturated rings. The number of nitrogens with zero attached hydrogens (tertiary/aromatic N) is 1. The molecule has 2 unspecified atom stereocenters. The van der Waals surface area contributed by atoms with E-state index in [-0.39, 0.29) is 28.6 Å². The number of benzene rings is 2. The second-order valence-corrected chi connectivity index (χ2v) is 7.90. The van der Waals surface area contributed by atoms with E-state index in [1.54, 1.807) is 0 Å². The molecule has 0 aliphatic carbocycles. The lowest BCUT2D eigenvalue weighted by molar-refractivity contribution is -0.141. The fraction of sp³-hybridized carbons (Fsp3) is 0.333. The van der Waals surface area contributed by atoms with Crippen LogP contribution in [-0.4, -0.2) is 55.0 Å². The molecule has 7 nitrogen and oxygen atoms in total. The van der Waals surface area contributed by atoms with Crippen molar-refractivity contribution >= 4 is 23.6 Å². The molecule has 0 radical (unpaired) electrons. The van der Waals surface area contributed by atoms with E-state index in [1.807, 2.05) is 0 Å². The van der Waals surface area contributed by atoms with Gasteiger partial charge in [-0.05, 0) is 29.8 Å². The molecule has 0 spiro atoms. The molecule has 11 heteroatoms. The van der Waals surface area contributed by atoms with Crippen LogP contribution in [0.1, 0.15) is 26.9 Å². The number of carbonyl (C=O) groups excluding carboxylic acids is 1. The van der Waals surface area contributed by atoms with Crippen molar-refractivity contribution < 1.29 is 42.1 Å². The minimum Gasteiger partial charge on any atom is -0.493 e. The van der Waals surface area contributed by atoms with Gasteiger partial charge in [0.1, 0.15) is 11.4 Å². The molecular formula is C21H20F3NO6S. The van der Waals surface area contributed by atoms with Crippen LogP contribution >= 0.6 is 11.8 Å². The maximum atomic E-state index is 13.4. The summed E-state index contributed by atoms with van der Waals surface area (Å²) >= 11 is 1.16. The Morgan fingerprint density at radius 3 is 2.03 bits per heavy atom. The van der Waals surface area contributed by atoms with Gasteiger partial charge in [-0.3, -0.25) is 4.79 Å². The van der Waals surface area contributed by atoms with E-state index in [2.05, 4.69) is 0 Å². The fourth-order valence-electron chi connectivity index (χ4n) is 3.39. The molecule has 32 heavy (non-hydrogen) atoms. The van der Waals surface area contributed by atoms with Crippen molar-refractivity contribution in [1.82, 2.24) is 4.90 Å². The molecule has 1 N–H and O–H groups in total. The highest BCUT2D eigenvalue weighted by Gasteiger charge is 2.43. The Bertz CT molecular complexity index is 987. The lowest BCUT2D eigenvalue weighted by atomic mass is 10.1. The monoisotopic (exact) mass is 471 g/mol. The quantitative estimate of drug-likeness (QED) is 0.680. The van der Waals surface area contributed by atoms with E-state index in [0.29, 0.717) is 5.56 Å². The summed E-state index contributed by atoms with van der Waals surface area (Å²) in [5.41, 5.74) is -0.362. The topological polar surface area (TPSA) is 85.3 Å². The first kappa shape index (κ1) is 23.6. The van der Waals surface area contributed by atoms with Gasteiger partial charge in [-0.25, -0.2) is 4.79 Å². The van der Waals surface area contributed by atoms with E-state index in [9.17, 15) is 27.9 Å². The number of ether oxygens (including phenoxy) is 3. The number of carboxylic acids is 1. The summed E-state index contributed by atoms with van der Waals surface area (Å²) in [5.74, 6) is -1.09. The maximum absolute atomic E-state index is 13.4. The molecule has 0 aromatic heterocycles. The van der Waals surface area contributed by atoms with Crippen LogP contribution in [0, 0.1) is 0 Å². The minimum absolute atomic E-state index is 0.0805. The second kappa shape index (κ2) is 9.19. The summed E-state index contributed by atoms with van der Waals surface area (Å²) in [6.07, 6.45) is -4.50.